The first kappa shape index (κ1) is 19.6. The molecule has 1 aromatic carbocycles. The average molecular weight is 370 g/mol. The van der Waals surface area contributed by atoms with Gasteiger partial charge in [-0.3, -0.25) is 9.59 Å². The summed E-state index contributed by atoms with van der Waals surface area (Å²) in [5, 5.41) is 9.06. The maximum absolute atomic E-state index is 12.8. The lowest BCUT2D eigenvalue weighted by Gasteiger charge is -2.30. The predicted molar refractivity (Wildman–Crippen MR) is 87.0 cm³/mol. The zero-order valence-electron chi connectivity index (χ0n) is 14.4. The minimum Gasteiger partial charge on any atom is -0.480 e. The Morgan fingerprint density at radius 2 is 1.96 bits per heavy atom. The van der Waals surface area contributed by atoms with Gasteiger partial charge in [-0.15, -0.1) is 0 Å². The van der Waals surface area contributed by atoms with Crippen molar-refractivity contribution in [2.45, 2.75) is 38.5 Å². The summed E-state index contributed by atoms with van der Waals surface area (Å²) in [6.07, 6.45) is 0.925. The van der Waals surface area contributed by atoms with Crippen LogP contribution in [0, 0.1) is 0 Å². The first-order valence-corrected chi connectivity index (χ1v) is 8.08. The van der Waals surface area contributed by atoms with Crippen molar-refractivity contribution < 1.29 is 33.0 Å². The Bertz CT molecular complexity index is 697. The summed E-state index contributed by atoms with van der Waals surface area (Å²) < 4.78 is 29.5. The van der Waals surface area contributed by atoms with E-state index in [1.165, 1.54) is 43.1 Å². The predicted octanol–water partition coefficient (Wildman–Crippen LogP) is 1.82. The number of aliphatic carboxylic acids is 1. The van der Waals surface area contributed by atoms with Crippen molar-refractivity contribution in [2.75, 3.05) is 13.6 Å². The molecule has 0 bridgehead atoms. The second-order valence-corrected chi connectivity index (χ2v) is 5.99. The molecule has 1 saturated heterocycles. The van der Waals surface area contributed by atoms with Crippen LogP contribution < -0.4 is 4.74 Å². The number of nitrogens with zero attached hydrogens (tertiary/aromatic N) is 2. The molecule has 1 heterocycles. The highest BCUT2D eigenvalue weighted by Crippen LogP contribution is 2.27. The second kappa shape index (κ2) is 8.11. The van der Waals surface area contributed by atoms with Crippen LogP contribution in [0.25, 0.3) is 0 Å². The molecule has 26 heavy (non-hydrogen) atoms. The number of carbonyl (C=O) groups excluding carboxylic acids is 2. The van der Waals surface area contributed by atoms with Crippen LogP contribution in [0.1, 0.15) is 30.1 Å². The van der Waals surface area contributed by atoms with Crippen LogP contribution in [-0.4, -0.2) is 65.0 Å². The van der Waals surface area contributed by atoms with E-state index in [-0.39, 0.29) is 17.9 Å². The summed E-state index contributed by atoms with van der Waals surface area (Å²) in [4.78, 5) is 38.9. The van der Waals surface area contributed by atoms with Gasteiger partial charge in [0, 0.05) is 13.6 Å². The van der Waals surface area contributed by atoms with Gasteiger partial charge in [0.25, 0.3) is 5.91 Å². The van der Waals surface area contributed by atoms with Crippen molar-refractivity contribution in [1.82, 2.24) is 9.80 Å². The lowest BCUT2D eigenvalue weighted by atomic mass is 10.1. The van der Waals surface area contributed by atoms with Crippen molar-refractivity contribution in [3.63, 3.8) is 0 Å². The number of carbonyl (C=O) groups is 3. The first-order chi connectivity index (χ1) is 12.2. The number of ether oxygens (including phenoxy) is 1. The Labute approximate surface area is 149 Å². The van der Waals surface area contributed by atoms with Gasteiger partial charge in [-0.2, -0.15) is 8.78 Å². The first-order valence-electron chi connectivity index (χ1n) is 8.08. The molecule has 0 spiro atoms. The molecular weight excluding hydrogens is 350 g/mol. The Hall–Kier alpha value is -2.71. The van der Waals surface area contributed by atoms with E-state index in [0.717, 1.165) is 4.90 Å². The van der Waals surface area contributed by atoms with Gasteiger partial charge in [0.1, 0.15) is 17.8 Å². The largest absolute Gasteiger partial charge is 0.480 e. The van der Waals surface area contributed by atoms with Crippen LogP contribution in [0.2, 0.25) is 0 Å². The van der Waals surface area contributed by atoms with E-state index in [1.54, 1.807) is 0 Å². The van der Waals surface area contributed by atoms with Crippen LogP contribution in [0.15, 0.2) is 24.3 Å². The van der Waals surface area contributed by atoms with Gasteiger partial charge in [-0.05, 0) is 31.9 Å². The van der Waals surface area contributed by atoms with Crippen molar-refractivity contribution in [3.8, 4) is 5.75 Å². The van der Waals surface area contributed by atoms with Crippen LogP contribution in [0.4, 0.5) is 8.78 Å². The number of rotatable bonds is 6. The third kappa shape index (κ3) is 4.09. The van der Waals surface area contributed by atoms with Gasteiger partial charge in [0.05, 0.1) is 5.56 Å². The van der Waals surface area contributed by atoms with E-state index < -0.39 is 36.5 Å². The third-order valence-corrected chi connectivity index (χ3v) is 4.42. The van der Waals surface area contributed by atoms with E-state index in [9.17, 15) is 23.2 Å². The highest BCUT2D eigenvalue weighted by Gasteiger charge is 2.38. The molecule has 2 unspecified atom stereocenters. The average Bonchev–Trinajstić information content (AvgIpc) is 3.08. The maximum Gasteiger partial charge on any atom is 0.387 e. The van der Waals surface area contributed by atoms with Gasteiger partial charge in [0.2, 0.25) is 5.91 Å². The smallest absolute Gasteiger partial charge is 0.387 e. The summed E-state index contributed by atoms with van der Waals surface area (Å²) >= 11 is 0. The lowest BCUT2D eigenvalue weighted by Crippen LogP contribution is -2.50. The fourth-order valence-electron chi connectivity index (χ4n) is 2.85. The van der Waals surface area contributed by atoms with E-state index >= 15 is 0 Å². The molecule has 1 aliphatic rings. The quantitative estimate of drug-likeness (QED) is 0.825. The number of para-hydroxylation sites is 1. The molecule has 1 aliphatic heterocycles. The molecular formula is C17H20F2N2O5. The Morgan fingerprint density at radius 1 is 1.31 bits per heavy atom. The molecule has 1 fully saturated rings. The topological polar surface area (TPSA) is 87.2 Å². The minimum atomic E-state index is -3.08. The molecule has 0 radical (unpaired) electrons. The number of carboxylic acid groups (broad SMARTS) is 1. The number of likely N-dealkylation sites (N-methyl/N-ethyl adjacent to an activating group) is 1. The molecule has 142 valence electrons. The molecule has 2 amide bonds. The number of halogens is 2. The van der Waals surface area contributed by atoms with Crippen LogP contribution in [-0.2, 0) is 9.59 Å². The van der Waals surface area contributed by atoms with E-state index in [4.69, 9.17) is 5.11 Å². The highest BCUT2D eigenvalue weighted by atomic mass is 19.3. The fourth-order valence-corrected chi connectivity index (χ4v) is 2.85. The summed E-state index contributed by atoms with van der Waals surface area (Å²) in [5.41, 5.74) is -0.0681. The van der Waals surface area contributed by atoms with E-state index in [0.29, 0.717) is 12.8 Å². The molecule has 0 aliphatic carbocycles. The number of benzene rings is 1. The number of likely N-dealkylation sites (tertiary alicyclic amines) is 1. The molecule has 0 aromatic heterocycles. The van der Waals surface area contributed by atoms with Crippen LogP contribution in [0.5, 0.6) is 5.75 Å². The Kier molecular flexibility index (Phi) is 6.12. The van der Waals surface area contributed by atoms with Crippen molar-refractivity contribution in [1.29, 1.82) is 0 Å². The molecule has 9 heteroatoms. The van der Waals surface area contributed by atoms with E-state index in [1.807, 2.05) is 0 Å². The van der Waals surface area contributed by atoms with Crippen LogP contribution >= 0.6 is 0 Å². The van der Waals surface area contributed by atoms with Crippen LogP contribution in [0.3, 0.4) is 0 Å². The fraction of sp³-hybridized carbons (Fsp3) is 0.471. The zero-order chi connectivity index (χ0) is 19.4. The van der Waals surface area contributed by atoms with Crippen molar-refractivity contribution in [2.24, 2.45) is 0 Å². The molecule has 2 rings (SSSR count). The standard InChI is InChI=1S/C17H20F2N2O5/c1-10(16(24)25)20(2)15(23)12-7-5-9-21(12)14(22)11-6-3-4-8-13(11)26-17(18)19/h3-4,6,8,10,12,17H,5,7,9H2,1-2H3,(H,24,25). The molecule has 1 N–H and O–H groups in total. The summed E-state index contributed by atoms with van der Waals surface area (Å²) in [6.45, 7) is -1.44. The van der Waals surface area contributed by atoms with Gasteiger partial charge >= 0.3 is 12.6 Å². The normalized spacial score (nSPS) is 17.9. The minimum absolute atomic E-state index is 0.0681. The monoisotopic (exact) mass is 370 g/mol. The highest BCUT2D eigenvalue weighted by molar-refractivity contribution is 6.00. The summed E-state index contributed by atoms with van der Waals surface area (Å²) in [5.74, 6) is -2.53. The van der Waals surface area contributed by atoms with E-state index in [2.05, 4.69) is 4.74 Å². The van der Waals surface area contributed by atoms with Gasteiger partial charge in [-0.25, -0.2) is 4.79 Å². The van der Waals surface area contributed by atoms with Gasteiger partial charge < -0.3 is 19.6 Å². The molecule has 2 atom stereocenters. The van der Waals surface area contributed by atoms with Gasteiger partial charge in [0.15, 0.2) is 0 Å². The number of carboxylic acids is 1. The number of amides is 2. The van der Waals surface area contributed by atoms with Crippen molar-refractivity contribution >= 4 is 17.8 Å². The molecule has 1 aromatic rings. The summed E-state index contributed by atoms with van der Waals surface area (Å²) in [6, 6.07) is 3.69. The summed E-state index contributed by atoms with van der Waals surface area (Å²) in [7, 11) is 1.36. The third-order valence-electron chi connectivity index (χ3n) is 4.42. The maximum atomic E-state index is 12.8. The molecule has 0 saturated carbocycles. The molecule has 7 nitrogen and oxygen atoms in total. The zero-order valence-corrected chi connectivity index (χ0v) is 14.4. The lowest BCUT2D eigenvalue weighted by molar-refractivity contribution is -0.149. The SMILES string of the molecule is CC(C(=O)O)N(C)C(=O)C1CCCN1C(=O)c1ccccc1OC(F)F. The second-order valence-electron chi connectivity index (χ2n) is 5.99. The number of hydrogen-bond acceptors (Lipinski definition) is 4. The number of hydrogen-bond donors (Lipinski definition) is 1. The Morgan fingerprint density at radius 3 is 2.58 bits per heavy atom. The van der Waals surface area contributed by atoms with Crippen molar-refractivity contribution in [3.05, 3.63) is 29.8 Å². The number of alkyl halides is 2. The van der Waals surface area contributed by atoms with Gasteiger partial charge in [-0.1, -0.05) is 12.1 Å². The Balaban J connectivity index is 2.24.